The number of benzene rings is 1. The number of cyclic esters (lactones) is 1. The number of ether oxygens (including phenoxy) is 1. The number of carbonyl (C=O) groups is 1. The van der Waals surface area contributed by atoms with Crippen LogP contribution in [0, 0.1) is 0 Å². The maximum Gasteiger partial charge on any atom is 0.414 e. The van der Waals surface area contributed by atoms with Crippen LogP contribution in [-0.2, 0) is 4.74 Å². The minimum atomic E-state index is -0.304. The average molecular weight is 314 g/mol. The van der Waals surface area contributed by atoms with Gasteiger partial charge in [0.15, 0.2) is 5.82 Å². The molecule has 1 aliphatic carbocycles. The van der Waals surface area contributed by atoms with E-state index in [9.17, 15) is 4.79 Å². The molecule has 0 bridgehead atoms. The van der Waals surface area contributed by atoms with Crippen molar-refractivity contribution in [2.75, 3.05) is 23.4 Å². The Bertz CT molecular complexity index is 726. The quantitative estimate of drug-likeness (QED) is 0.913. The van der Waals surface area contributed by atoms with E-state index in [1.165, 1.54) is 0 Å². The van der Waals surface area contributed by atoms with Crippen molar-refractivity contribution < 1.29 is 14.1 Å². The van der Waals surface area contributed by atoms with Crippen LogP contribution in [0.2, 0.25) is 0 Å². The summed E-state index contributed by atoms with van der Waals surface area (Å²) in [6.45, 7) is 2.98. The smallest absolute Gasteiger partial charge is 0.414 e. The first-order valence-corrected chi connectivity index (χ1v) is 7.85. The Hall–Kier alpha value is -2.57. The third kappa shape index (κ3) is 2.86. The molecule has 1 amide bonds. The maximum atomic E-state index is 11.7. The van der Waals surface area contributed by atoms with Gasteiger partial charge in [-0.05, 0) is 38.0 Å². The van der Waals surface area contributed by atoms with E-state index in [0.29, 0.717) is 25.0 Å². The molecule has 2 fully saturated rings. The lowest BCUT2D eigenvalue weighted by Gasteiger charge is -2.16. The van der Waals surface area contributed by atoms with Crippen LogP contribution in [0.3, 0.4) is 0 Å². The van der Waals surface area contributed by atoms with Gasteiger partial charge in [-0.25, -0.2) is 4.79 Å². The first-order chi connectivity index (χ1) is 11.2. The highest BCUT2D eigenvalue weighted by atomic mass is 16.6. The highest BCUT2D eigenvalue weighted by molar-refractivity contribution is 5.89. The first kappa shape index (κ1) is 14.0. The topological polar surface area (TPSA) is 80.5 Å². The molecule has 2 heterocycles. The number of nitrogens with one attached hydrogen (secondary N) is 1. The van der Waals surface area contributed by atoms with Gasteiger partial charge in [0, 0.05) is 17.3 Å². The van der Waals surface area contributed by atoms with Gasteiger partial charge in [-0.3, -0.25) is 4.90 Å². The van der Waals surface area contributed by atoms with E-state index in [0.717, 1.165) is 30.0 Å². The van der Waals surface area contributed by atoms with E-state index in [1.54, 1.807) is 4.90 Å². The van der Waals surface area contributed by atoms with Gasteiger partial charge in [0.1, 0.15) is 12.6 Å². The van der Waals surface area contributed by atoms with E-state index in [4.69, 9.17) is 9.26 Å². The largest absolute Gasteiger partial charge is 0.447 e. The molecule has 1 aliphatic heterocycles. The summed E-state index contributed by atoms with van der Waals surface area (Å²) in [6, 6.07) is 7.55. The molecular formula is C16H18N4O3. The number of nitrogens with zero attached hydrogens (tertiary/aromatic N) is 3. The summed E-state index contributed by atoms with van der Waals surface area (Å²) in [6.07, 6.45) is 1.99. The van der Waals surface area contributed by atoms with Gasteiger partial charge in [0.2, 0.25) is 5.89 Å². The lowest BCUT2D eigenvalue weighted by molar-refractivity contribution is 0.181. The third-order valence-corrected chi connectivity index (χ3v) is 4.07. The summed E-state index contributed by atoms with van der Waals surface area (Å²) in [5, 5.41) is 7.37. The number of hydrogen-bond donors (Lipinski definition) is 1. The third-order valence-electron chi connectivity index (χ3n) is 4.07. The molecular weight excluding hydrogens is 296 g/mol. The molecule has 7 nitrogen and oxygen atoms in total. The molecule has 1 saturated carbocycles. The van der Waals surface area contributed by atoms with Crippen LogP contribution < -0.4 is 10.2 Å². The predicted octanol–water partition coefficient (Wildman–Crippen LogP) is 3.08. The molecule has 2 aromatic rings. The molecule has 0 radical (unpaired) electrons. The van der Waals surface area contributed by atoms with Crippen LogP contribution in [0.25, 0.3) is 0 Å². The molecule has 1 saturated heterocycles. The SMILES string of the molecule is C[C@H](Nc1cccc(N2CCOC2=O)c1)c1nc(C2CC2)no1. The zero-order chi connectivity index (χ0) is 15.8. The number of hydrogen-bond acceptors (Lipinski definition) is 6. The van der Waals surface area contributed by atoms with Crippen molar-refractivity contribution in [3.63, 3.8) is 0 Å². The van der Waals surface area contributed by atoms with E-state index in [1.807, 2.05) is 31.2 Å². The Balaban J connectivity index is 1.48. The number of anilines is 2. The highest BCUT2D eigenvalue weighted by Gasteiger charge is 2.29. The fraction of sp³-hybridized carbons (Fsp3) is 0.438. The summed E-state index contributed by atoms with van der Waals surface area (Å²) in [5.74, 6) is 1.87. The van der Waals surface area contributed by atoms with Gasteiger partial charge in [0.05, 0.1) is 6.54 Å². The van der Waals surface area contributed by atoms with E-state index >= 15 is 0 Å². The first-order valence-electron chi connectivity index (χ1n) is 7.85. The van der Waals surface area contributed by atoms with Gasteiger partial charge in [-0.2, -0.15) is 4.98 Å². The van der Waals surface area contributed by atoms with Crippen LogP contribution in [0.4, 0.5) is 16.2 Å². The van der Waals surface area contributed by atoms with Gasteiger partial charge >= 0.3 is 6.09 Å². The number of amides is 1. The second kappa shape index (κ2) is 5.57. The summed E-state index contributed by atoms with van der Waals surface area (Å²) < 4.78 is 10.3. The van der Waals surface area contributed by atoms with Gasteiger partial charge in [0.25, 0.3) is 0 Å². The number of aromatic nitrogens is 2. The van der Waals surface area contributed by atoms with Gasteiger partial charge in [-0.1, -0.05) is 11.2 Å². The van der Waals surface area contributed by atoms with Crippen molar-refractivity contribution in [3.8, 4) is 0 Å². The molecule has 7 heteroatoms. The van der Waals surface area contributed by atoms with Crippen molar-refractivity contribution in [2.24, 2.45) is 0 Å². The summed E-state index contributed by atoms with van der Waals surface area (Å²) in [5.41, 5.74) is 1.70. The van der Waals surface area contributed by atoms with Crippen molar-refractivity contribution >= 4 is 17.5 Å². The Morgan fingerprint density at radius 2 is 2.26 bits per heavy atom. The molecule has 4 rings (SSSR count). The van der Waals surface area contributed by atoms with Crippen LogP contribution in [-0.4, -0.2) is 29.4 Å². The minimum Gasteiger partial charge on any atom is -0.447 e. The maximum absolute atomic E-state index is 11.7. The Kier molecular flexibility index (Phi) is 3.40. The molecule has 1 atom stereocenters. The molecule has 0 unspecified atom stereocenters. The zero-order valence-electron chi connectivity index (χ0n) is 12.9. The standard InChI is InChI=1S/C16H18N4O3/c1-10(15-18-14(19-23-15)11-5-6-11)17-12-3-2-4-13(9-12)20-7-8-22-16(20)21/h2-4,9-11,17H,5-8H2,1H3/t10-/m0/s1. The summed E-state index contributed by atoms with van der Waals surface area (Å²) in [4.78, 5) is 17.7. The van der Waals surface area contributed by atoms with Gasteiger partial charge < -0.3 is 14.6 Å². The summed E-state index contributed by atoms with van der Waals surface area (Å²) in [7, 11) is 0. The van der Waals surface area contributed by atoms with Crippen molar-refractivity contribution in [3.05, 3.63) is 36.0 Å². The second-order valence-electron chi connectivity index (χ2n) is 5.95. The van der Waals surface area contributed by atoms with Crippen LogP contribution >= 0.6 is 0 Å². The van der Waals surface area contributed by atoms with Crippen LogP contribution in [0.15, 0.2) is 28.8 Å². The molecule has 0 spiro atoms. The Morgan fingerprint density at radius 1 is 1.39 bits per heavy atom. The van der Waals surface area contributed by atoms with Crippen LogP contribution in [0.1, 0.15) is 43.4 Å². The molecule has 1 aromatic carbocycles. The number of carbonyl (C=O) groups excluding carboxylic acids is 1. The minimum absolute atomic E-state index is 0.101. The zero-order valence-corrected chi connectivity index (χ0v) is 12.9. The molecule has 2 aliphatic rings. The highest BCUT2D eigenvalue weighted by Crippen LogP contribution is 2.38. The normalized spacial score (nSPS) is 18.8. The molecule has 1 aromatic heterocycles. The number of rotatable bonds is 5. The fourth-order valence-electron chi connectivity index (χ4n) is 2.63. The Morgan fingerprint density at radius 3 is 3.00 bits per heavy atom. The monoisotopic (exact) mass is 314 g/mol. The van der Waals surface area contributed by atoms with E-state index in [2.05, 4.69) is 15.5 Å². The second-order valence-corrected chi connectivity index (χ2v) is 5.95. The van der Waals surface area contributed by atoms with Gasteiger partial charge in [-0.15, -0.1) is 0 Å². The summed E-state index contributed by atoms with van der Waals surface area (Å²) >= 11 is 0. The Labute approximate surface area is 133 Å². The lowest BCUT2D eigenvalue weighted by atomic mass is 10.2. The molecule has 1 N–H and O–H groups in total. The van der Waals surface area contributed by atoms with Crippen molar-refractivity contribution in [2.45, 2.75) is 31.7 Å². The van der Waals surface area contributed by atoms with E-state index < -0.39 is 0 Å². The van der Waals surface area contributed by atoms with Crippen molar-refractivity contribution in [1.29, 1.82) is 0 Å². The fourth-order valence-corrected chi connectivity index (χ4v) is 2.63. The lowest BCUT2D eigenvalue weighted by Crippen LogP contribution is -2.23. The van der Waals surface area contributed by atoms with Crippen molar-refractivity contribution in [1.82, 2.24) is 10.1 Å². The average Bonchev–Trinajstić information content (AvgIpc) is 3.11. The predicted molar refractivity (Wildman–Crippen MR) is 83.4 cm³/mol. The molecule has 23 heavy (non-hydrogen) atoms. The molecule has 120 valence electrons. The van der Waals surface area contributed by atoms with Crippen LogP contribution in [0.5, 0.6) is 0 Å². The van der Waals surface area contributed by atoms with E-state index in [-0.39, 0.29) is 12.1 Å².